The quantitative estimate of drug-likeness (QED) is 0.121. The number of pyridine rings is 1. The molecular weight excluding hydrogens is 722 g/mol. The molecule has 2 aromatic heterocycles. The van der Waals surface area contributed by atoms with Gasteiger partial charge in [-0.15, -0.1) is 0 Å². The lowest BCUT2D eigenvalue weighted by Crippen LogP contribution is -3.22. The van der Waals surface area contributed by atoms with Crippen LogP contribution in [0.1, 0.15) is 102 Å². The van der Waals surface area contributed by atoms with Crippen LogP contribution in [0.2, 0.25) is 5.02 Å². The fourth-order valence-corrected chi connectivity index (χ4v) is 9.06. The summed E-state index contributed by atoms with van der Waals surface area (Å²) in [7, 11) is 0. The van der Waals surface area contributed by atoms with Gasteiger partial charge in [-0.05, 0) is 90.5 Å². The number of hydrogen-bond donors (Lipinski definition) is 3. The van der Waals surface area contributed by atoms with Gasteiger partial charge in [-0.3, -0.25) is 9.59 Å². The van der Waals surface area contributed by atoms with Crippen molar-refractivity contribution >= 4 is 51.6 Å². The first-order chi connectivity index (χ1) is 25.5. The topological polar surface area (TPSA) is 96.6 Å². The molecule has 8 rings (SSSR count). The molecule has 2 aliphatic heterocycles. The van der Waals surface area contributed by atoms with E-state index in [0.29, 0.717) is 22.3 Å². The van der Waals surface area contributed by atoms with E-state index in [1.54, 1.807) is 11.2 Å². The van der Waals surface area contributed by atoms with Gasteiger partial charge in [0, 0.05) is 36.2 Å². The predicted molar refractivity (Wildman–Crippen MR) is 200 cm³/mol. The number of nitrogens with zero attached hydrogens (tertiary/aromatic N) is 4. The highest BCUT2D eigenvalue weighted by Crippen LogP contribution is 2.49. The number of carbonyl (C=O) groups is 2. The maximum absolute atomic E-state index is 15.6. The monoisotopic (exact) mass is 766 g/mol. The van der Waals surface area contributed by atoms with Crippen molar-refractivity contribution in [2.75, 3.05) is 23.3 Å². The second-order valence-corrected chi connectivity index (χ2v) is 17.1. The Morgan fingerprint density at radius 2 is 1.72 bits per heavy atom. The molecule has 2 saturated carbocycles. The summed E-state index contributed by atoms with van der Waals surface area (Å²) in [5, 5.41) is 4.34. The fraction of sp³-hybridized carbons (Fsp3) is 0.500. The highest BCUT2D eigenvalue weighted by atomic mass is 35.5. The second kappa shape index (κ2) is 12.9. The zero-order valence-electron chi connectivity index (χ0n) is 31.1. The third-order valence-electron chi connectivity index (χ3n) is 12.3. The Hall–Kier alpha value is -4.23. The number of aromatic nitrogens is 3. The van der Waals surface area contributed by atoms with Gasteiger partial charge in [-0.2, -0.15) is 0 Å². The van der Waals surface area contributed by atoms with Crippen molar-refractivity contribution in [3.63, 3.8) is 0 Å². The van der Waals surface area contributed by atoms with E-state index in [-0.39, 0.29) is 42.2 Å². The van der Waals surface area contributed by atoms with Gasteiger partial charge in [0.2, 0.25) is 5.91 Å². The molecule has 0 radical (unpaired) electrons. The zero-order valence-corrected chi connectivity index (χ0v) is 31.8. The number of alkyl halides is 2. The minimum absolute atomic E-state index is 0.0579. The number of nitrogens with one attached hydrogen (secondary N) is 3. The summed E-state index contributed by atoms with van der Waals surface area (Å²) in [6.45, 7) is 12.5. The summed E-state index contributed by atoms with van der Waals surface area (Å²) in [6, 6.07) is 8.64. The number of rotatable bonds is 9. The Kier molecular flexibility index (Phi) is 8.80. The molecule has 4 heterocycles. The highest BCUT2D eigenvalue weighted by Gasteiger charge is 2.56. The number of hydrogen-bond acceptors (Lipinski definition) is 5. The van der Waals surface area contributed by atoms with E-state index in [9.17, 15) is 18.4 Å². The van der Waals surface area contributed by atoms with Gasteiger partial charge < -0.3 is 25.0 Å². The van der Waals surface area contributed by atoms with E-state index in [2.05, 4.69) is 22.5 Å². The average molecular weight is 767 g/mol. The zero-order chi connectivity index (χ0) is 38.5. The number of piperidine rings is 1. The van der Waals surface area contributed by atoms with Crippen LogP contribution in [-0.4, -0.2) is 63.0 Å². The summed E-state index contributed by atoms with van der Waals surface area (Å²) in [5.74, 6) is -3.71. The molecule has 3 N–H and O–H groups in total. The standard InChI is InChI=1S/C40H44ClF4N7O2/c1-21(2)51-20-46-28-17-26(47-34(33(28)51)48-27-16-24(30(41)32(43)31(27)42)35(53)49-40(11-12-40)36(44)45)22-9-10-25-29(15-22)52(37(54)38(25,3)4)23-18-39(5,19-23)50-13-7-6-8-14-50/h9-10,15-17,20-21,23,36H,6-8,11-14,18-19H2,1-5H3,(H,47,48)(H,49,53)/p+1. The molecule has 0 spiro atoms. The molecule has 2 amide bonds. The van der Waals surface area contributed by atoms with Crippen LogP contribution in [0.4, 0.5) is 34.8 Å². The van der Waals surface area contributed by atoms with E-state index in [4.69, 9.17) is 16.6 Å². The maximum Gasteiger partial charge on any atom is 0.261 e. The van der Waals surface area contributed by atoms with Gasteiger partial charge in [0.1, 0.15) is 11.1 Å². The lowest BCUT2D eigenvalue weighted by Gasteiger charge is -2.52. The van der Waals surface area contributed by atoms with Crippen LogP contribution in [0.25, 0.3) is 22.3 Å². The van der Waals surface area contributed by atoms with E-state index in [1.807, 2.05) is 61.4 Å². The molecule has 1 saturated heterocycles. The Balaban J connectivity index is 1.17. The van der Waals surface area contributed by atoms with Crippen molar-refractivity contribution < 1.29 is 32.1 Å². The number of benzene rings is 2. The van der Waals surface area contributed by atoms with Gasteiger partial charge >= 0.3 is 0 Å². The number of anilines is 3. The van der Waals surface area contributed by atoms with Gasteiger partial charge in [-0.1, -0.05) is 23.7 Å². The van der Waals surface area contributed by atoms with Crippen molar-refractivity contribution in [3.05, 3.63) is 64.4 Å². The smallest absolute Gasteiger partial charge is 0.261 e. The van der Waals surface area contributed by atoms with Crippen LogP contribution in [0.15, 0.2) is 36.7 Å². The minimum atomic E-state index is -2.83. The van der Waals surface area contributed by atoms with Crippen molar-refractivity contribution in [2.24, 2.45) is 0 Å². The van der Waals surface area contributed by atoms with Crippen LogP contribution in [-0.2, 0) is 10.2 Å². The van der Waals surface area contributed by atoms with Gasteiger partial charge in [0.05, 0.1) is 57.9 Å². The Morgan fingerprint density at radius 3 is 2.37 bits per heavy atom. The fourth-order valence-electron chi connectivity index (χ4n) is 8.84. The first kappa shape index (κ1) is 36.7. The lowest BCUT2D eigenvalue weighted by molar-refractivity contribution is -0.962. The van der Waals surface area contributed by atoms with Crippen LogP contribution in [0, 0.1) is 11.6 Å². The number of amides is 2. The van der Waals surface area contributed by atoms with Crippen LogP contribution in [0.5, 0.6) is 0 Å². The number of quaternary nitrogens is 1. The van der Waals surface area contributed by atoms with Crippen LogP contribution in [0.3, 0.4) is 0 Å². The van der Waals surface area contributed by atoms with Crippen molar-refractivity contribution in [1.29, 1.82) is 0 Å². The molecule has 0 unspecified atom stereocenters. The molecule has 3 fully saturated rings. The molecule has 54 heavy (non-hydrogen) atoms. The van der Waals surface area contributed by atoms with Gasteiger partial charge in [0.25, 0.3) is 12.3 Å². The van der Waals surface area contributed by atoms with E-state index >= 15 is 8.78 Å². The average Bonchev–Trinajstić information content (AvgIpc) is 3.73. The first-order valence-electron chi connectivity index (χ1n) is 18.8. The molecule has 2 aliphatic carbocycles. The summed E-state index contributed by atoms with van der Waals surface area (Å²) >= 11 is 6.08. The summed E-state index contributed by atoms with van der Waals surface area (Å²) in [4.78, 5) is 40.3. The van der Waals surface area contributed by atoms with E-state index in [1.165, 1.54) is 32.4 Å². The van der Waals surface area contributed by atoms with Crippen molar-refractivity contribution in [3.8, 4) is 11.3 Å². The lowest BCUT2D eigenvalue weighted by atomic mass is 9.71. The number of halogens is 5. The third-order valence-corrected chi connectivity index (χ3v) is 12.7. The van der Waals surface area contributed by atoms with Crippen LogP contribution >= 0.6 is 11.6 Å². The molecule has 14 heteroatoms. The molecule has 4 aliphatic rings. The third kappa shape index (κ3) is 5.84. The van der Waals surface area contributed by atoms with Crippen molar-refractivity contribution in [1.82, 2.24) is 19.9 Å². The summed E-state index contributed by atoms with van der Waals surface area (Å²) < 4.78 is 60.0. The predicted octanol–water partition coefficient (Wildman–Crippen LogP) is 7.50. The first-order valence-corrected chi connectivity index (χ1v) is 19.2. The minimum Gasteiger partial charge on any atom is -0.341 e. The number of fused-ring (bicyclic) bond motifs is 2. The highest BCUT2D eigenvalue weighted by molar-refractivity contribution is 6.34. The molecule has 2 aromatic carbocycles. The van der Waals surface area contributed by atoms with Crippen molar-refractivity contribution in [2.45, 2.75) is 115 Å². The normalized spacial score (nSPS) is 23.2. The van der Waals surface area contributed by atoms with Crippen LogP contribution < -0.4 is 20.4 Å². The molecular formula is C40H45ClF4N7O2+. The van der Waals surface area contributed by atoms with Gasteiger partial charge in [0.15, 0.2) is 17.5 Å². The molecule has 0 atom stereocenters. The Morgan fingerprint density at radius 1 is 1.02 bits per heavy atom. The second-order valence-electron chi connectivity index (χ2n) is 16.7. The Labute approximate surface area is 316 Å². The SMILES string of the molecule is CC(C)n1cnc2cc(-c3ccc4c(c3)N(C3CC(C)([NH+]5CCCCC5)C3)C(=O)C4(C)C)nc(Nc3cc(C(=O)NC4(C(F)F)CC4)c(Cl)c(F)c3F)c21. The molecule has 0 bridgehead atoms. The number of imidazole rings is 1. The molecule has 9 nitrogen and oxygen atoms in total. The van der Waals surface area contributed by atoms with E-state index < -0.39 is 51.2 Å². The summed E-state index contributed by atoms with van der Waals surface area (Å²) in [6.07, 6.45) is 4.51. The van der Waals surface area contributed by atoms with E-state index in [0.717, 1.165) is 30.2 Å². The summed E-state index contributed by atoms with van der Waals surface area (Å²) in [5.41, 5.74) is 0.706. The van der Waals surface area contributed by atoms with Gasteiger partial charge in [-0.25, -0.2) is 27.5 Å². The number of carbonyl (C=O) groups excluding carboxylic acids is 2. The molecule has 286 valence electrons. The maximum atomic E-state index is 15.6. The largest absolute Gasteiger partial charge is 0.341 e. The molecule has 4 aromatic rings. The number of likely N-dealkylation sites (tertiary alicyclic amines) is 1. The Bertz CT molecular complexity index is 2190.